The van der Waals surface area contributed by atoms with Crippen LogP contribution in [0.15, 0.2) is 30.3 Å². The van der Waals surface area contributed by atoms with E-state index in [1.54, 1.807) is 0 Å². The van der Waals surface area contributed by atoms with E-state index in [0.717, 1.165) is 26.1 Å². The molecule has 18 heavy (non-hydrogen) atoms. The van der Waals surface area contributed by atoms with Gasteiger partial charge in [-0.25, -0.2) is 0 Å². The van der Waals surface area contributed by atoms with E-state index in [0.29, 0.717) is 10.9 Å². The van der Waals surface area contributed by atoms with Crippen molar-refractivity contribution in [2.24, 2.45) is 11.7 Å². The third kappa shape index (κ3) is 5.61. The second-order valence-electron chi connectivity index (χ2n) is 4.79. The number of thiocarbonyl (C=S) groups is 1. The zero-order valence-electron chi connectivity index (χ0n) is 11.4. The molecule has 0 saturated carbocycles. The Morgan fingerprint density at radius 3 is 2.56 bits per heavy atom. The maximum atomic E-state index is 5.66. The van der Waals surface area contributed by atoms with Crippen LogP contribution in [0.3, 0.4) is 0 Å². The molecule has 0 aliphatic rings. The highest BCUT2D eigenvalue weighted by molar-refractivity contribution is 7.80. The zero-order chi connectivity index (χ0) is 13.4. The summed E-state index contributed by atoms with van der Waals surface area (Å²) in [4.78, 5) is 3.05. The van der Waals surface area contributed by atoms with Gasteiger partial charge in [-0.15, -0.1) is 0 Å². The van der Waals surface area contributed by atoms with Crippen molar-refractivity contribution in [3.63, 3.8) is 0 Å². The number of nitrogens with two attached hydrogens (primary N) is 1. The van der Waals surface area contributed by atoms with Gasteiger partial charge < -0.3 is 10.6 Å². The molecule has 2 nitrogen and oxygen atoms in total. The van der Waals surface area contributed by atoms with Gasteiger partial charge in [-0.3, -0.25) is 0 Å². The van der Waals surface area contributed by atoms with Crippen molar-refractivity contribution in [2.45, 2.75) is 26.7 Å². The normalized spacial score (nSPS) is 12.6. The quantitative estimate of drug-likeness (QED) is 0.732. The minimum Gasteiger partial charge on any atom is -0.393 e. The van der Waals surface area contributed by atoms with Gasteiger partial charge in [0.2, 0.25) is 0 Å². The summed E-state index contributed by atoms with van der Waals surface area (Å²) >= 11 is 5.02. The lowest BCUT2D eigenvalue weighted by molar-refractivity contribution is 0.269. The first-order valence-corrected chi connectivity index (χ1v) is 7.10. The molecule has 0 heterocycles. The number of aryl methyl sites for hydroxylation is 1. The molecule has 1 rings (SSSR count). The summed E-state index contributed by atoms with van der Waals surface area (Å²) in [5.74, 6) is 0.302. The molecule has 1 aromatic carbocycles. The van der Waals surface area contributed by atoms with Gasteiger partial charge in [0.05, 0.1) is 4.99 Å². The standard InChI is InChI=1S/C15H24N2S/c1-3-17(12-13(2)15(16)18)11-7-10-14-8-5-4-6-9-14/h4-6,8-9,13H,3,7,10-12H2,1-2H3,(H2,16,18). The van der Waals surface area contributed by atoms with Crippen molar-refractivity contribution in [3.05, 3.63) is 35.9 Å². The maximum Gasteiger partial charge on any atom is 0.0768 e. The molecule has 0 aliphatic heterocycles. The lowest BCUT2D eigenvalue weighted by Gasteiger charge is -2.23. The summed E-state index contributed by atoms with van der Waals surface area (Å²) in [6.07, 6.45) is 2.32. The molecule has 0 bridgehead atoms. The minimum absolute atomic E-state index is 0.302. The van der Waals surface area contributed by atoms with Gasteiger partial charge in [0, 0.05) is 12.5 Å². The third-order valence-corrected chi connectivity index (χ3v) is 3.65. The molecule has 0 radical (unpaired) electrons. The highest BCUT2D eigenvalue weighted by Crippen LogP contribution is 2.06. The minimum atomic E-state index is 0.302. The number of benzene rings is 1. The molecule has 1 aromatic rings. The van der Waals surface area contributed by atoms with Crippen LogP contribution in [0.4, 0.5) is 0 Å². The Bertz CT molecular complexity index is 351. The monoisotopic (exact) mass is 264 g/mol. The van der Waals surface area contributed by atoms with Crippen molar-refractivity contribution in [1.29, 1.82) is 0 Å². The van der Waals surface area contributed by atoms with Crippen LogP contribution in [-0.4, -0.2) is 29.5 Å². The van der Waals surface area contributed by atoms with Crippen LogP contribution in [0, 0.1) is 5.92 Å². The first-order chi connectivity index (χ1) is 8.63. The molecular weight excluding hydrogens is 240 g/mol. The highest BCUT2D eigenvalue weighted by Gasteiger charge is 2.10. The Balaban J connectivity index is 2.29. The molecule has 2 N–H and O–H groups in total. The molecule has 100 valence electrons. The van der Waals surface area contributed by atoms with Crippen LogP contribution in [0.25, 0.3) is 0 Å². The second kappa shape index (κ2) is 8.22. The Morgan fingerprint density at radius 1 is 1.33 bits per heavy atom. The Morgan fingerprint density at radius 2 is 2.00 bits per heavy atom. The van der Waals surface area contributed by atoms with Gasteiger partial charge in [0.25, 0.3) is 0 Å². The predicted octanol–water partition coefficient (Wildman–Crippen LogP) is 2.86. The molecule has 0 aromatic heterocycles. The largest absolute Gasteiger partial charge is 0.393 e. The second-order valence-corrected chi connectivity index (χ2v) is 5.26. The number of hydrogen-bond acceptors (Lipinski definition) is 2. The van der Waals surface area contributed by atoms with E-state index in [4.69, 9.17) is 18.0 Å². The van der Waals surface area contributed by atoms with E-state index < -0.39 is 0 Å². The Labute approximate surface area is 116 Å². The molecule has 0 fully saturated rings. The van der Waals surface area contributed by atoms with Crippen molar-refractivity contribution in [1.82, 2.24) is 4.90 Å². The SMILES string of the molecule is CCN(CCCc1ccccc1)CC(C)C(N)=S. The fourth-order valence-electron chi connectivity index (χ4n) is 2.01. The van der Waals surface area contributed by atoms with Crippen LogP contribution in [0.5, 0.6) is 0 Å². The fourth-order valence-corrected chi connectivity index (χ4v) is 2.08. The number of hydrogen-bond donors (Lipinski definition) is 1. The Hall–Kier alpha value is -0.930. The van der Waals surface area contributed by atoms with E-state index in [9.17, 15) is 0 Å². The summed E-state index contributed by atoms with van der Waals surface area (Å²) < 4.78 is 0. The average Bonchev–Trinajstić information content (AvgIpc) is 2.38. The van der Waals surface area contributed by atoms with E-state index in [2.05, 4.69) is 49.1 Å². The summed E-state index contributed by atoms with van der Waals surface area (Å²) in [5, 5.41) is 0. The smallest absolute Gasteiger partial charge is 0.0768 e. The average molecular weight is 264 g/mol. The summed E-state index contributed by atoms with van der Waals surface area (Å²) in [7, 11) is 0. The topological polar surface area (TPSA) is 29.3 Å². The van der Waals surface area contributed by atoms with E-state index in [1.165, 1.54) is 12.0 Å². The van der Waals surface area contributed by atoms with Crippen LogP contribution in [-0.2, 0) is 6.42 Å². The lowest BCUT2D eigenvalue weighted by atomic mass is 10.1. The van der Waals surface area contributed by atoms with Gasteiger partial charge in [-0.05, 0) is 31.5 Å². The van der Waals surface area contributed by atoms with Crippen molar-refractivity contribution in [2.75, 3.05) is 19.6 Å². The van der Waals surface area contributed by atoms with Gasteiger partial charge in [-0.2, -0.15) is 0 Å². The number of rotatable bonds is 8. The van der Waals surface area contributed by atoms with E-state index in [-0.39, 0.29) is 0 Å². The first kappa shape index (κ1) is 15.1. The fraction of sp³-hybridized carbons (Fsp3) is 0.533. The van der Waals surface area contributed by atoms with Crippen molar-refractivity contribution in [3.8, 4) is 0 Å². The molecule has 3 heteroatoms. The van der Waals surface area contributed by atoms with Crippen molar-refractivity contribution < 1.29 is 0 Å². The molecule has 0 amide bonds. The van der Waals surface area contributed by atoms with Crippen LogP contribution < -0.4 is 5.73 Å². The Kier molecular flexibility index (Phi) is 6.91. The molecule has 0 saturated heterocycles. The predicted molar refractivity (Wildman–Crippen MR) is 82.8 cm³/mol. The van der Waals surface area contributed by atoms with Crippen molar-refractivity contribution >= 4 is 17.2 Å². The van der Waals surface area contributed by atoms with Gasteiger partial charge >= 0.3 is 0 Å². The van der Waals surface area contributed by atoms with Gasteiger partial charge in [-0.1, -0.05) is 56.4 Å². The summed E-state index contributed by atoms with van der Waals surface area (Å²) in [6, 6.07) is 10.6. The first-order valence-electron chi connectivity index (χ1n) is 6.69. The zero-order valence-corrected chi connectivity index (χ0v) is 12.2. The molecule has 1 unspecified atom stereocenters. The van der Waals surface area contributed by atoms with Crippen LogP contribution in [0.2, 0.25) is 0 Å². The third-order valence-electron chi connectivity index (χ3n) is 3.25. The van der Waals surface area contributed by atoms with E-state index >= 15 is 0 Å². The van der Waals surface area contributed by atoms with Crippen LogP contribution in [0.1, 0.15) is 25.8 Å². The maximum absolute atomic E-state index is 5.66. The molecule has 0 aliphatic carbocycles. The summed E-state index contributed by atoms with van der Waals surface area (Å²) in [5.41, 5.74) is 7.08. The lowest BCUT2D eigenvalue weighted by Crippen LogP contribution is -2.34. The highest BCUT2D eigenvalue weighted by atomic mass is 32.1. The molecule has 0 spiro atoms. The van der Waals surface area contributed by atoms with Gasteiger partial charge in [0.15, 0.2) is 0 Å². The van der Waals surface area contributed by atoms with Gasteiger partial charge in [0.1, 0.15) is 0 Å². The van der Waals surface area contributed by atoms with Crippen LogP contribution >= 0.6 is 12.2 Å². The summed E-state index contributed by atoms with van der Waals surface area (Å²) in [6.45, 7) is 7.43. The number of nitrogens with zero attached hydrogens (tertiary/aromatic N) is 1. The van der Waals surface area contributed by atoms with E-state index in [1.807, 2.05) is 0 Å². The molecule has 1 atom stereocenters. The molecular formula is C15H24N2S.